The molecule has 3 atom stereocenters. The van der Waals surface area contributed by atoms with Crippen molar-refractivity contribution in [3.63, 3.8) is 0 Å². The fourth-order valence-corrected chi connectivity index (χ4v) is 5.78. The van der Waals surface area contributed by atoms with Crippen LogP contribution in [-0.2, 0) is 37.5 Å². The second kappa shape index (κ2) is 40.2. The number of phosphoric acid groups is 1. The minimum atomic E-state index is -4.75. The number of hydrogen-bond acceptors (Lipinski definition) is 9. The van der Waals surface area contributed by atoms with Crippen LogP contribution in [0.2, 0.25) is 0 Å². The van der Waals surface area contributed by atoms with E-state index in [1.54, 1.807) is 0 Å². The molecule has 0 saturated carbocycles. The highest BCUT2D eigenvalue weighted by Gasteiger charge is 2.28. The van der Waals surface area contributed by atoms with Gasteiger partial charge in [-0.05, 0) is 83.5 Å². The van der Waals surface area contributed by atoms with Gasteiger partial charge in [-0.2, -0.15) is 0 Å². The van der Waals surface area contributed by atoms with Crippen LogP contribution in [0, 0.1) is 0 Å². The molecule has 0 aromatic carbocycles. The average molecular weight is 832 g/mol. The van der Waals surface area contributed by atoms with E-state index in [9.17, 15) is 23.8 Å². The van der Waals surface area contributed by atoms with Crippen LogP contribution in [0.25, 0.3) is 0 Å². The van der Waals surface area contributed by atoms with Crippen molar-refractivity contribution < 1.29 is 47.5 Å². The third-order valence-electron chi connectivity index (χ3n) is 8.33. The molecule has 4 N–H and O–H groups in total. The predicted octanol–water partition coefficient (Wildman–Crippen LogP) is 11.3. The van der Waals surface area contributed by atoms with Gasteiger partial charge in [0.1, 0.15) is 12.6 Å². The monoisotopic (exact) mass is 832 g/mol. The van der Waals surface area contributed by atoms with Gasteiger partial charge in [0.15, 0.2) is 6.10 Å². The molecular formula is C46H74NO10P. The van der Waals surface area contributed by atoms with Crippen LogP contribution in [-0.4, -0.2) is 59.9 Å². The molecule has 0 aliphatic heterocycles. The first-order valence-electron chi connectivity index (χ1n) is 21.3. The lowest BCUT2D eigenvalue weighted by Gasteiger charge is -2.20. The summed E-state index contributed by atoms with van der Waals surface area (Å²) in [6, 6.07) is -1.54. The molecule has 12 heteroatoms. The van der Waals surface area contributed by atoms with Crippen LogP contribution >= 0.6 is 7.82 Å². The number of unbranched alkanes of at least 4 members (excludes halogenated alkanes) is 8. The van der Waals surface area contributed by atoms with Gasteiger partial charge in [0, 0.05) is 12.8 Å². The first-order valence-corrected chi connectivity index (χ1v) is 22.8. The van der Waals surface area contributed by atoms with Gasteiger partial charge in [-0.15, -0.1) is 0 Å². The summed E-state index contributed by atoms with van der Waals surface area (Å²) in [5.74, 6) is -2.52. The first kappa shape index (κ1) is 54.4. The van der Waals surface area contributed by atoms with Crippen molar-refractivity contribution in [2.75, 3.05) is 19.8 Å². The Balaban J connectivity index is 4.56. The quantitative estimate of drug-likeness (QED) is 0.0234. The molecule has 0 aliphatic rings. The average Bonchev–Trinajstić information content (AvgIpc) is 3.20. The molecule has 0 spiro atoms. The van der Waals surface area contributed by atoms with E-state index in [-0.39, 0.29) is 12.8 Å². The Labute approximate surface area is 349 Å². The van der Waals surface area contributed by atoms with Crippen LogP contribution in [0.5, 0.6) is 0 Å². The van der Waals surface area contributed by atoms with E-state index < -0.39 is 57.7 Å². The fourth-order valence-electron chi connectivity index (χ4n) is 5.00. The summed E-state index contributed by atoms with van der Waals surface area (Å²) < 4.78 is 32.6. The summed E-state index contributed by atoms with van der Waals surface area (Å²) in [7, 11) is -4.75. The number of hydrogen-bond donors (Lipinski definition) is 3. The van der Waals surface area contributed by atoms with Crippen LogP contribution in [0.4, 0.5) is 0 Å². The van der Waals surface area contributed by atoms with Crippen molar-refractivity contribution in [3.05, 3.63) is 97.2 Å². The SMILES string of the molecule is CC/C=C\C/C=C\C/C=C\CCCCCCCC(=O)OC[C@H](COP(=O)(O)OC[C@H](N)C(=O)O)OC(=O)CC/C=C\C/C=C\C/C=C\C/C=C\C/C=C\CCCCC. The number of ether oxygens (including phenoxy) is 2. The van der Waals surface area contributed by atoms with Crippen molar-refractivity contribution in [1.29, 1.82) is 0 Å². The number of phosphoric ester groups is 1. The highest BCUT2D eigenvalue weighted by atomic mass is 31.2. The predicted molar refractivity (Wildman–Crippen MR) is 235 cm³/mol. The van der Waals surface area contributed by atoms with Gasteiger partial charge in [0.2, 0.25) is 0 Å². The number of allylic oxidation sites excluding steroid dienone is 16. The summed E-state index contributed by atoms with van der Waals surface area (Å²) in [6.07, 6.45) is 50.6. The second-order valence-electron chi connectivity index (χ2n) is 13.7. The summed E-state index contributed by atoms with van der Waals surface area (Å²) in [5.41, 5.74) is 5.32. The van der Waals surface area contributed by atoms with Gasteiger partial charge in [-0.25, -0.2) is 4.57 Å². The number of nitrogens with two attached hydrogens (primary N) is 1. The fraction of sp³-hybridized carbons (Fsp3) is 0.587. The smallest absolute Gasteiger partial charge is 0.472 e. The van der Waals surface area contributed by atoms with Crippen molar-refractivity contribution in [3.8, 4) is 0 Å². The Kier molecular flexibility index (Phi) is 37.7. The zero-order valence-electron chi connectivity index (χ0n) is 35.3. The molecule has 0 saturated heterocycles. The molecule has 0 aromatic heterocycles. The number of aliphatic carboxylic acids is 1. The molecule has 0 aliphatic carbocycles. The van der Waals surface area contributed by atoms with E-state index in [4.69, 9.17) is 24.8 Å². The molecule has 0 bridgehead atoms. The van der Waals surface area contributed by atoms with E-state index in [0.29, 0.717) is 19.3 Å². The highest BCUT2D eigenvalue weighted by molar-refractivity contribution is 7.47. The van der Waals surface area contributed by atoms with Gasteiger partial charge in [-0.3, -0.25) is 23.4 Å². The van der Waals surface area contributed by atoms with Gasteiger partial charge >= 0.3 is 25.7 Å². The van der Waals surface area contributed by atoms with Crippen LogP contribution in [0.3, 0.4) is 0 Å². The van der Waals surface area contributed by atoms with Crippen LogP contribution in [0.15, 0.2) is 97.2 Å². The van der Waals surface area contributed by atoms with Crippen molar-refractivity contribution in [1.82, 2.24) is 0 Å². The minimum absolute atomic E-state index is 0.0279. The molecule has 0 amide bonds. The third-order valence-corrected chi connectivity index (χ3v) is 9.28. The lowest BCUT2D eigenvalue weighted by atomic mass is 10.1. The van der Waals surface area contributed by atoms with Crippen molar-refractivity contribution >= 4 is 25.7 Å². The molecule has 0 heterocycles. The Morgan fingerprint density at radius 3 is 1.52 bits per heavy atom. The van der Waals surface area contributed by atoms with E-state index >= 15 is 0 Å². The van der Waals surface area contributed by atoms with Crippen molar-refractivity contribution in [2.45, 2.75) is 154 Å². The standard InChI is InChI=1S/C46H74NO10P/c1-3-5-7-9-11-13-15-17-19-20-21-22-24-26-28-30-32-34-36-38-45(49)57-42(40-55-58(52,53)56-41-43(47)46(50)51)39-54-44(48)37-35-33-31-29-27-25-23-18-16-14-12-10-8-6-4-2/h6,8,11-14,17-19,21-23,26,28,32,34,42-43H,3-5,7,9-10,15-16,20,24-25,27,29-31,33,35-41,47H2,1-2H3,(H,50,51)(H,52,53)/b8-6-,13-11-,14-12-,19-17-,22-21-,23-18-,28-26-,34-32-/t42-,43+/m1/s1. The number of carbonyl (C=O) groups excluding carboxylic acids is 2. The zero-order chi connectivity index (χ0) is 42.8. The molecular weight excluding hydrogens is 757 g/mol. The maximum absolute atomic E-state index is 12.6. The zero-order valence-corrected chi connectivity index (χ0v) is 36.2. The normalized spacial score (nSPS) is 14.7. The molecule has 1 unspecified atom stereocenters. The molecule has 0 aromatic rings. The molecule has 0 radical (unpaired) electrons. The summed E-state index contributed by atoms with van der Waals surface area (Å²) in [5, 5.41) is 8.88. The van der Waals surface area contributed by atoms with Gasteiger partial charge in [0.05, 0.1) is 13.2 Å². The Bertz CT molecular complexity index is 1350. The van der Waals surface area contributed by atoms with E-state index in [0.717, 1.165) is 77.0 Å². The van der Waals surface area contributed by atoms with Gasteiger partial charge < -0.3 is 25.2 Å². The van der Waals surface area contributed by atoms with Crippen LogP contribution < -0.4 is 5.73 Å². The second-order valence-corrected chi connectivity index (χ2v) is 15.2. The Hall–Kier alpha value is -3.60. The number of carboxylic acid groups (broad SMARTS) is 1. The number of esters is 2. The summed E-state index contributed by atoms with van der Waals surface area (Å²) in [4.78, 5) is 45.9. The maximum Gasteiger partial charge on any atom is 0.472 e. The molecule has 58 heavy (non-hydrogen) atoms. The van der Waals surface area contributed by atoms with E-state index in [1.165, 1.54) is 19.3 Å². The lowest BCUT2D eigenvalue weighted by Crippen LogP contribution is -2.34. The van der Waals surface area contributed by atoms with E-state index in [2.05, 4.69) is 97.4 Å². The molecule has 11 nitrogen and oxygen atoms in total. The van der Waals surface area contributed by atoms with Crippen molar-refractivity contribution in [2.24, 2.45) is 5.73 Å². The largest absolute Gasteiger partial charge is 0.480 e. The number of rotatable bonds is 38. The van der Waals surface area contributed by atoms with Crippen LogP contribution in [0.1, 0.15) is 142 Å². The van der Waals surface area contributed by atoms with Gasteiger partial charge in [0.25, 0.3) is 0 Å². The maximum atomic E-state index is 12.6. The van der Waals surface area contributed by atoms with E-state index in [1.807, 2.05) is 18.2 Å². The highest BCUT2D eigenvalue weighted by Crippen LogP contribution is 2.43. The topological polar surface area (TPSA) is 172 Å². The number of carboxylic acids is 1. The first-order chi connectivity index (χ1) is 28.1. The number of carbonyl (C=O) groups is 3. The third kappa shape index (κ3) is 39.2. The lowest BCUT2D eigenvalue weighted by molar-refractivity contribution is -0.161. The molecule has 0 rings (SSSR count). The molecule has 0 fully saturated rings. The minimum Gasteiger partial charge on any atom is -0.480 e. The Morgan fingerprint density at radius 2 is 1.00 bits per heavy atom. The molecule has 328 valence electrons. The summed E-state index contributed by atoms with van der Waals surface area (Å²) in [6.45, 7) is 2.54. The van der Waals surface area contributed by atoms with Gasteiger partial charge in [-0.1, -0.05) is 143 Å². The Morgan fingerprint density at radius 1 is 0.552 bits per heavy atom. The summed E-state index contributed by atoms with van der Waals surface area (Å²) >= 11 is 0.